The molecule has 0 aliphatic rings. The van der Waals surface area contributed by atoms with E-state index in [9.17, 15) is 0 Å². The zero-order valence-electron chi connectivity index (χ0n) is 6.59. The fourth-order valence-electron chi connectivity index (χ4n) is 0.528. The molecule has 0 heterocycles. The molecule has 0 fully saturated rings. The molecule has 0 aromatic carbocycles. The number of hydrogen-bond donors (Lipinski definition) is 3. The van der Waals surface area contributed by atoms with E-state index in [0.29, 0.717) is 6.54 Å². The summed E-state index contributed by atoms with van der Waals surface area (Å²) in [6.07, 6.45) is 0.787. The Hall–Kier alpha value is -1.21. The minimum Gasteiger partial charge on any atom is -0.409 e. The molecule has 4 N–H and O–H groups in total. The predicted octanol–water partition coefficient (Wildman–Crippen LogP) is -0.264. The van der Waals surface area contributed by atoms with Crippen molar-refractivity contribution in [3.05, 3.63) is 0 Å². The molecule has 0 aliphatic heterocycles. The molecule has 0 saturated heterocycles. The Morgan fingerprint density at radius 1 is 1.73 bits per heavy atom. The molecule has 0 radical (unpaired) electrons. The van der Waals surface area contributed by atoms with Gasteiger partial charge in [-0.2, -0.15) is 0 Å². The van der Waals surface area contributed by atoms with Gasteiger partial charge in [0.1, 0.15) is 0 Å². The lowest BCUT2D eigenvalue weighted by molar-refractivity contribution is 0.317. The van der Waals surface area contributed by atoms with Crippen LogP contribution in [-0.4, -0.2) is 24.1 Å². The molecular formula is C7H13N3O. The maximum atomic E-state index is 8.13. The molecule has 0 atom stereocenters. The van der Waals surface area contributed by atoms with Crippen LogP contribution in [0.15, 0.2) is 5.16 Å². The second-order valence-electron chi connectivity index (χ2n) is 1.94. The maximum Gasteiger partial charge on any atom is 0.153 e. The van der Waals surface area contributed by atoms with Crippen LogP contribution in [0.3, 0.4) is 0 Å². The van der Waals surface area contributed by atoms with Gasteiger partial charge < -0.3 is 16.3 Å². The first kappa shape index (κ1) is 9.79. The molecule has 0 saturated carbocycles. The molecule has 0 amide bonds. The second kappa shape index (κ2) is 6.90. The third kappa shape index (κ3) is 6.68. The van der Waals surface area contributed by atoms with E-state index in [4.69, 9.17) is 10.9 Å². The molecule has 0 aromatic heterocycles. The van der Waals surface area contributed by atoms with Gasteiger partial charge in [0.25, 0.3) is 0 Å². The molecule has 4 nitrogen and oxygen atoms in total. The van der Waals surface area contributed by atoms with Gasteiger partial charge in [-0.3, -0.25) is 0 Å². The van der Waals surface area contributed by atoms with Crippen LogP contribution in [0, 0.1) is 11.8 Å². The Bertz CT molecular complexity index is 178. The van der Waals surface area contributed by atoms with Crippen LogP contribution >= 0.6 is 0 Å². The third-order valence-corrected chi connectivity index (χ3v) is 1.04. The Kier molecular flexibility index (Phi) is 6.14. The number of rotatable bonds is 4. The van der Waals surface area contributed by atoms with Gasteiger partial charge in [-0.25, -0.2) is 0 Å². The largest absolute Gasteiger partial charge is 0.409 e. The molecule has 4 heteroatoms. The SMILES string of the molecule is CC#CCCNCC(N)=NO. The normalized spacial score (nSPS) is 10.5. The monoisotopic (exact) mass is 155 g/mol. The quantitative estimate of drug-likeness (QED) is 0.131. The lowest BCUT2D eigenvalue weighted by Crippen LogP contribution is -2.29. The lowest BCUT2D eigenvalue weighted by Gasteiger charge is -1.98. The number of amidine groups is 1. The lowest BCUT2D eigenvalue weighted by atomic mass is 10.4. The standard InChI is InChI=1S/C7H13N3O/c1-2-3-4-5-9-6-7(8)10-11/h9,11H,4-6H2,1H3,(H2,8,10). The molecule has 11 heavy (non-hydrogen) atoms. The summed E-state index contributed by atoms with van der Waals surface area (Å²) in [7, 11) is 0. The smallest absolute Gasteiger partial charge is 0.153 e. The molecule has 0 bridgehead atoms. The third-order valence-electron chi connectivity index (χ3n) is 1.04. The first-order valence-electron chi connectivity index (χ1n) is 3.38. The van der Waals surface area contributed by atoms with Crippen LogP contribution in [0.1, 0.15) is 13.3 Å². The summed E-state index contributed by atoms with van der Waals surface area (Å²) in [5, 5.41) is 13.9. The van der Waals surface area contributed by atoms with Crippen molar-refractivity contribution in [2.24, 2.45) is 10.9 Å². The molecule has 0 aromatic rings. The zero-order valence-corrected chi connectivity index (χ0v) is 6.59. The van der Waals surface area contributed by atoms with E-state index in [2.05, 4.69) is 22.3 Å². The van der Waals surface area contributed by atoms with Gasteiger partial charge in [0, 0.05) is 13.0 Å². The van der Waals surface area contributed by atoms with Crippen molar-refractivity contribution in [2.75, 3.05) is 13.1 Å². The Morgan fingerprint density at radius 2 is 2.45 bits per heavy atom. The van der Waals surface area contributed by atoms with Gasteiger partial charge in [0.2, 0.25) is 0 Å². The molecule has 62 valence electrons. The summed E-state index contributed by atoms with van der Waals surface area (Å²) >= 11 is 0. The first-order chi connectivity index (χ1) is 5.31. The van der Waals surface area contributed by atoms with E-state index in [1.807, 2.05) is 0 Å². The van der Waals surface area contributed by atoms with E-state index in [1.165, 1.54) is 0 Å². The number of nitrogens with one attached hydrogen (secondary N) is 1. The highest BCUT2D eigenvalue weighted by Crippen LogP contribution is 1.71. The summed E-state index contributed by atoms with van der Waals surface area (Å²) in [6, 6.07) is 0. The number of oxime groups is 1. The van der Waals surface area contributed by atoms with Crippen molar-refractivity contribution >= 4 is 5.84 Å². The maximum absolute atomic E-state index is 8.13. The van der Waals surface area contributed by atoms with Crippen molar-refractivity contribution < 1.29 is 5.21 Å². The van der Waals surface area contributed by atoms with Crippen LogP contribution in [-0.2, 0) is 0 Å². The molecular weight excluding hydrogens is 142 g/mol. The summed E-state index contributed by atoms with van der Waals surface area (Å²) in [5.41, 5.74) is 5.19. The fraction of sp³-hybridized carbons (Fsp3) is 0.571. The van der Waals surface area contributed by atoms with Crippen LogP contribution in [0.4, 0.5) is 0 Å². The van der Waals surface area contributed by atoms with E-state index < -0.39 is 0 Å². The van der Waals surface area contributed by atoms with Crippen LogP contribution in [0.5, 0.6) is 0 Å². The van der Waals surface area contributed by atoms with E-state index in [0.717, 1.165) is 13.0 Å². The number of hydrogen-bond acceptors (Lipinski definition) is 3. The summed E-state index contributed by atoms with van der Waals surface area (Å²) in [6.45, 7) is 2.96. The van der Waals surface area contributed by atoms with Crippen molar-refractivity contribution in [3.63, 3.8) is 0 Å². The van der Waals surface area contributed by atoms with Gasteiger partial charge in [0.05, 0.1) is 6.54 Å². The van der Waals surface area contributed by atoms with Gasteiger partial charge in [-0.1, -0.05) is 5.16 Å². The highest BCUT2D eigenvalue weighted by molar-refractivity contribution is 5.81. The van der Waals surface area contributed by atoms with Crippen molar-refractivity contribution in [2.45, 2.75) is 13.3 Å². The molecule has 0 aliphatic carbocycles. The highest BCUT2D eigenvalue weighted by atomic mass is 16.4. The topological polar surface area (TPSA) is 70.6 Å². The fourth-order valence-corrected chi connectivity index (χ4v) is 0.528. The van der Waals surface area contributed by atoms with Crippen LogP contribution in [0.25, 0.3) is 0 Å². The Labute approximate surface area is 66.5 Å². The first-order valence-corrected chi connectivity index (χ1v) is 3.38. The van der Waals surface area contributed by atoms with Crippen molar-refractivity contribution in [3.8, 4) is 11.8 Å². The van der Waals surface area contributed by atoms with E-state index in [1.54, 1.807) is 6.92 Å². The number of nitrogens with two attached hydrogens (primary N) is 1. The minimum atomic E-state index is 0.189. The average Bonchev–Trinajstić information content (AvgIpc) is 2.04. The van der Waals surface area contributed by atoms with Gasteiger partial charge in [-0.15, -0.1) is 11.8 Å². The average molecular weight is 155 g/mol. The summed E-state index contributed by atoms with van der Waals surface area (Å²) in [4.78, 5) is 0. The van der Waals surface area contributed by atoms with Gasteiger partial charge in [0.15, 0.2) is 5.84 Å². The Morgan fingerprint density at radius 3 is 3.00 bits per heavy atom. The number of nitrogens with zero attached hydrogens (tertiary/aromatic N) is 1. The van der Waals surface area contributed by atoms with Gasteiger partial charge in [-0.05, 0) is 6.92 Å². The second-order valence-corrected chi connectivity index (χ2v) is 1.94. The van der Waals surface area contributed by atoms with Crippen molar-refractivity contribution in [1.82, 2.24) is 5.32 Å². The molecule has 0 unspecified atom stereocenters. The Balaban J connectivity index is 3.19. The summed E-state index contributed by atoms with van der Waals surface area (Å²) in [5.74, 6) is 5.84. The van der Waals surface area contributed by atoms with Crippen LogP contribution in [0.2, 0.25) is 0 Å². The van der Waals surface area contributed by atoms with E-state index >= 15 is 0 Å². The highest BCUT2D eigenvalue weighted by Gasteiger charge is 1.89. The van der Waals surface area contributed by atoms with Gasteiger partial charge >= 0.3 is 0 Å². The molecule has 0 spiro atoms. The summed E-state index contributed by atoms with van der Waals surface area (Å²) < 4.78 is 0. The van der Waals surface area contributed by atoms with E-state index in [-0.39, 0.29) is 5.84 Å². The molecule has 0 rings (SSSR count). The van der Waals surface area contributed by atoms with Crippen LogP contribution < -0.4 is 11.1 Å². The predicted molar refractivity (Wildman–Crippen MR) is 44.3 cm³/mol. The zero-order chi connectivity index (χ0) is 8.53. The minimum absolute atomic E-state index is 0.189. The van der Waals surface area contributed by atoms with Crippen molar-refractivity contribution in [1.29, 1.82) is 0 Å².